The second-order valence-corrected chi connectivity index (χ2v) is 4.27. The third-order valence-corrected chi connectivity index (χ3v) is 3.17. The molecular weight excluding hydrogens is 236 g/mol. The third-order valence-electron chi connectivity index (χ3n) is 3.17. The number of carbonyl (C=O) groups is 1. The second-order valence-electron chi connectivity index (χ2n) is 4.27. The van der Waals surface area contributed by atoms with Crippen LogP contribution < -0.4 is 0 Å². The molecule has 3 aromatic rings. The molecule has 19 heavy (non-hydrogen) atoms. The molecule has 0 atom stereocenters. The molecule has 1 heterocycles. The van der Waals surface area contributed by atoms with Gasteiger partial charge in [0, 0.05) is 16.5 Å². The Kier molecular flexibility index (Phi) is 2.62. The van der Waals surface area contributed by atoms with Gasteiger partial charge in [-0.1, -0.05) is 30.3 Å². The van der Waals surface area contributed by atoms with Gasteiger partial charge in [0.25, 0.3) is 0 Å². The minimum absolute atomic E-state index is 0.604. The molecule has 90 valence electrons. The first kappa shape index (κ1) is 11.2. The minimum atomic E-state index is 0.604. The molecule has 0 aliphatic heterocycles. The molecule has 0 bridgehead atoms. The number of nitrogens with one attached hydrogen (secondary N) is 1. The smallest absolute Gasteiger partial charge is 0.152 e. The molecule has 0 amide bonds. The summed E-state index contributed by atoms with van der Waals surface area (Å²) in [5.41, 5.74) is 3.88. The first-order valence-electron chi connectivity index (χ1n) is 5.90. The average Bonchev–Trinajstić information content (AvgIpc) is 2.85. The Bertz CT molecular complexity index is 792. The van der Waals surface area contributed by atoms with E-state index in [1.54, 1.807) is 12.1 Å². The van der Waals surface area contributed by atoms with E-state index in [2.05, 4.69) is 11.1 Å². The third kappa shape index (κ3) is 1.80. The summed E-state index contributed by atoms with van der Waals surface area (Å²) in [7, 11) is 0. The van der Waals surface area contributed by atoms with Crippen LogP contribution in [0.1, 0.15) is 15.9 Å². The van der Waals surface area contributed by atoms with Crippen molar-refractivity contribution in [3.8, 4) is 17.3 Å². The monoisotopic (exact) mass is 246 g/mol. The maximum atomic E-state index is 11.3. The van der Waals surface area contributed by atoms with Gasteiger partial charge in [0.1, 0.15) is 0 Å². The molecule has 1 aromatic heterocycles. The van der Waals surface area contributed by atoms with E-state index in [0.717, 1.165) is 28.4 Å². The number of hydrogen-bond acceptors (Lipinski definition) is 2. The Labute approximate surface area is 110 Å². The Morgan fingerprint density at radius 3 is 2.47 bits per heavy atom. The van der Waals surface area contributed by atoms with Crippen LogP contribution in [0.2, 0.25) is 0 Å². The van der Waals surface area contributed by atoms with Gasteiger partial charge in [-0.05, 0) is 23.8 Å². The SMILES string of the molecule is N#Cc1ccc(-c2[nH]c3ccccc3c2C=O)cc1. The van der Waals surface area contributed by atoms with Crippen LogP contribution in [0.5, 0.6) is 0 Å². The number of nitrogens with zero attached hydrogens (tertiary/aromatic N) is 1. The van der Waals surface area contributed by atoms with Crippen LogP contribution in [0.15, 0.2) is 48.5 Å². The van der Waals surface area contributed by atoms with Gasteiger partial charge in [-0.25, -0.2) is 0 Å². The van der Waals surface area contributed by atoms with Crippen LogP contribution in [0.4, 0.5) is 0 Å². The van der Waals surface area contributed by atoms with Gasteiger partial charge < -0.3 is 4.98 Å². The molecule has 3 rings (SSSR count). The molecule has 0 aliphatic rings. The summed E-state index contributed by atoms with van der Waals surface area (Å²) in [5, 5.41) is 9.71. The Morgan fingerprint density at radius 1 is 1.05 bits per heavy atom. The zero-order valence-electron chi connectivity index (χ0n) is 10.1. The van der Waals surface area contributed by atoms with Crippen molar-refractivity contribution < 1.29 is 4.79 Å². The normalized spacial score (nSPS) is 10.3. The predicted molar refractivity (Wildman–Crippen MR) is 73.8 cm³/mol. The summed E-state index contributed by atoms with van der Waals surface area (Å²) in [5.74, 6) is 0. The number of nitriles is 1. The molecule has 0 unspecified atom stereocenters. The van der Waals surface area contributed by atoms with Crippen molar-refractivity contribution in [3.63, 3.8) is 0 Å². The van der Waals surface area contributed by atoms with E-state index in [1.807, 2.05) is 36.4 Å². The van der Waals surface area contributed by atoms with Crippen molar-refractivity contribution in [1.82, 2.24) is 4.98 Å². The molecule has 0 aliphatic carbocycles. The molecule has 0 saturated heterocycles. The summed E-state index contributed by atoms with van der Waals surface area (Å²) >= 11 is 0. The van der Waals surface area contributed by atoms with Crippen molar-refractivity contribution in [2.45, 2.75) is 0 Å². The van der Waals surface area contributed by atoms with Crippen LogP contribution in [0, 0.1) is 11.3 Å². The Balaban J connectivity index is 2.24. The van der Waals surface area contributed by atoms with E-state index in [9.17, 15) is 4.79 Å². The molecule has 3 nitrogen and oxygen atoms in total. The van der Waals surface area contributed by atoms with Gasteiger partial charge >= 0.3 is 0 Å². The fourth-order valence-electron chi connectivity index (χ4n) is 2.23. The lowest BCUT2D eigenvalue weighted by Gasteiger charge is -1.99. The topological polar surface area (TPSA) is 56.6 Å². The van der Waals surface area contributed by atoms with Crippen molar-refractivity contribution in [2.24, 2.45) is 0 Å². The highest BCUT2D eigenvalue weighted by Gasteiger charge is 2.11. The van der Waals surface area contributed by atoms with Crippen LogP contribution in [0.3, 0.4) is 0 Å². The molecule has 0 saturated carbocycles. The van der Waals surface area contributed by atoms with E-state index < -0.39 is 0 Å². The van der Waals surface area contributed by atoms with Crippen LogP contribution in [0.25, 0.3) is 22.2 Å². The number of benzene rings is 2. The van der Waals surface area contributed by atoms with Crippen LogP contribution >= 0.6 is 0 Å². The van der Waals surface area contributed by atoms with Gasteiger partial charge in [0.05, 0.1) is 17.3 Å². The van der Waals surface area contributed by atoms with Crippen LogP contribution in [-0.4, -0.2) is 11.3 Å². The largest absolute Gasteiger partial charge is 0.354 e. The number of carbonyl (C=O) groups excluding carboxylic acids is 1. The molecule has 0 spiro atoms. The van der Waals surface area contributed by atoms with E-state index in [-0.39, 0.29) is 0 Å². The molecule has 3 heteroatoms. The number of fused-ring (bicyclic) bond motifs is 1. The number of H-pyrrole nitrogens is 1. The maximum Gasteiger partial charge on any atom is 0.152 e. The van der Waals surface area contributed by atoms with Gasteiger partial charge in [0.2, 0.25) is 0 Å². The van der Waals surface area contributed by atoms with Gasteiger partial charge in [0.15, 0.2) is 6.29 Å². The average molecular weight is 246 g/mol. The van der Waals surface area contributed by atoms with Crippen molar-refractivity contribution in [2.75, 3.05) is 0 Å². The summed E-state index contributed by atoms with van der Waals surface area (Å²) in [6.07, 6.45) is 0.867. The lowest BCUT2D eigenvalue weighted by Crippen LogP contribution is -1.84. The zero-order valence-corrected chi connectivity index (χ0v) is 10.1. The van der Waals surface area contributed by atoms with E-state index >= 15 is 0 Å². The van der Waals surface area contributed by atoms with E-state index in [0.29, 0.717) is 11.1 Å². The number of rotatable bonds is 2. The highest BCUT2D eigenvalue weighted by Crippen LogP contribution is 2.29. The summed E-state index contributed by atoms with van der Waals surface area (Å²) in [6, 6.07) is 17.0. The van der Waals surface area contributed by atoms with Gasteiger partial charge in [-0.2, -0.15) is 5.26 Å². The first-order chi connectivity index (χ1) is 9.33. The molecule has 0 radical (unpaired) electrons. The lowest BCUT2D eigenvalue weighted by molar-refractivity contribution is 0.112. The molecule has 0 fully saturated rings. The van der Waals surface area contributed by atoms with Gasteiger partial charge in [-0.15, -0.1) is 0 Å². The Morgan fingerprint density at radius 2 is 1.79 bits per heavy atom. The fraction of sp³-hybridized carbons (Fsp3) is 0. The molecule has 1 N–H and O–H groups in total. The van der Waals surface area contributed by atoms with Crippen LogP contribution in [-0.2, 0) is 0 Å². The molecular formula is C16H10N2O. The molecule has 2 aromatic carbocycles. The van der Waals surface area contributed by atoms with E-state index in [4.69, 9.17) is 5.26 Å². The van der Waals surface area contributed by atoms with Crippen molar-refractivity contribution in [3.05, 3.63) is 59.7 Å². The quantitative estimate of drug-likeness (QED) is 0.703. The number of para-hydroxylation sites is 1. The van der Waals surface area contributed by atoms with Crippen molar-refractivity contribution in [1.29, 1.82) is 5.26 Å². The Hall–Kier alpha value is -2.86. The highest BCUT2D eigenvalue weighted by atomic mass is 16.1. The highest BCUT2D eigenvalue weighted by molar-refractivity contribution is 6.04. The van der Waals surface area contributed by atoms with Crippen molar-refractivity contribution >= 4 is 17.2 Å². The lowest BCUT2D eigenvalue weighted by atomic mass is 10.0. The van der Waals surface area contributed by atoms with Gasteiger partial charge in [-0.3, -0.25) is 4.79 Å². The second kappa shape index (κ2) is 4.43. The summed E-state index contributed by atoms with van der Waals surface area (Å²) < 4.78 is 0. The number of hydrogen-bond donors (Lipinski definition) is 1. The fourth-order valence-corrected chi connectivity index (χ4v) is 2.23. The standard InChI is InChI=1S/C16H10N2O/c17-9-11-5-7-12(8-6-11)16-14(10-19)13-3-1-2-4-15(13)18-16/h1-8,10,18H. The number of aromatic amines is 1. The minimum Gasteiger partial charge on any atom is -0.354 e. The summed E-state index contributed by atoms with van der Waals surface area (Å²) in [6.45, 7) is 0. The zero-order chi connectivity index (χ0) is 13.2. The maximum absolute atomic E-state index is 11.3. The predicted octanol–water partition coefficient (Wildman–Crippen LogP) is 3.52. The first-order valence-corrected chi connectivity index (χ1v) is 5.90. The number of aldehydes is 1. The summed E-state index contributed by atoms with van der Waals surface area (Å²) in [4.78, 5) is 14.6. The van der Waals surface area contributed by atoms with E-state index in [1.165, 1.54) is 0 Å². The number of aromatic nitrogens is 1.